The third kappa shape index (κ3) is 3.55. The standard InChI is InChI=1S/C23H24N2O2S/c1-15-9-10-16(2)19(11-15)24-23-25(17(3)13-26-4)20(14-28-23)22-12-18-7-5-6-8-21(18)27-22/h5-12,14,17H,13H2,1-4H3. The Morgan fingerprint density at radius 2 is 1.96 bits per heavy atom. The highest BCUT2D eigenvalue weighted by Crippen LogP contribution is 2.30. The van der Waals surface area contributed by atoms with Gasteiger partial charge in [-0.25, -0.2) is 4.99 Å². The summed E-state index contributed by atoms with van der Waals surface area (Å²) in [4.78, 5) is 5.93. The number of thiazole rings is 1. The maximum atomic E-state index is 6.13. The molecule has 0 saturated heterocycles. The number of hydrogen-bond acceptors (Lipinski definition) is 4. The van der Waals surface area contributed by atoms with E-state index in [4.69, 9.17) is 14.1 Å². The van der Waals surface area contributed by atoms with Gasteiger partial charge in [-0.05, 0) is 50.1 Å². The Hall–Kier alpha value is -2.63. The van der Waals surface area contributed by atoms with Gasteiger partial charge < -0.3 is 13.7 Å². The smallest absolute Gasteiger partial charge is 0.190 e. The minimum Gasteiger partial charge on any atom is -0.454 e. The van der Waals surface area contributed by atoms with Gasteiger partial charge in [0.2, 0.25) is 0 Å². The van der Waals surface area contributed by atoms with E-state index >= 15 is 0 Å². The van der Waals surface area contributed by atoms with Gasteiger partial charge in [-0.3, -0.25) is 0 Å². The van der Waals surface area contributed by atoms with Crippen molar-refractivity contribution in [3.05, 3.63) is 69.8 Å². The molecule has 28 heavy (non-hydrogen) atoms. The lowest BCUT2D eigenvalue weighted by atomic mass is 10.1. The van der Waals surface area contributed by atoms with Crippen LogP contribution in [0.25, 0.3) is 22.4 Å². The number of hydrogen-bond donors (Lipinski definition) is 0. The van der Waals surface area contributed by atoms with E-state index in [1.54, 1.807) is 18.4 Å². The molecular formula is C23H24N2O2S. The molecule has 0 saturated carbocycles. The van der Waals surface area contributed by atoms with Gasteiger partial charge in [0, 0.05) is 17.9 Å². The second-order valence-corrected chi connectivity index (χ2v) is 7.96. The number of aromatic nitrogens is 1. The van der Waals surface area contributed by atoms with Crippen molar-refractivity contribution >= 4 is 28.0 Å². The van der Waals surface area contributed by atoms with Crippen LogP contribution in [0.3, 0.4) is 0 Å². The van der Waals surface area contributed by atoms with E-state index < -0.39 is 0 Å². The number of fused-ring (bicyclic) bond motifs is 1. The Kier molecular flexibility index (Phi) is 5.20. The number of methoxy groups -OCH3 is 1. The number of nitrogens with zero attached hydrogens (tertiary/aromatic N) is 2. The van der Waals surface area contributed by atoms with Crippen LogP contribution >= 0.6 is 11.3 Å². The maximum absolute atomic E-state index is 6.13. The van der Waals surface area contributed by atoms with Crippen molar-refractivity contribution in [2.75, 3.05) is 13.7 Å². The summed E-state index contributed by atoms with van der Waals surface area (Å²) < 4.78 is 13.8. The molecule has 0 radical (unpaired) electrons. The quantitative estimate of drug-likeness (QED) is 0.417. The van der Waals surface area contributed by atoms with E-state index in [1.165, 1.54) is 5.56 Å². The normalized spacial score (nSPS) is 13.4. The summed E-state index contributed by atoms with van der Waals surface area (Å²) in [6.45, 7) is 6.93. The van der Waals surface area contributed by atoms with E-state index in [1.807, 2.05) is 18.2 Å². The molecule has 2 aromatic carbocycles. The number of aryl methyl sites for hydroxylation is 2. The van der Waals surface area contributed by atoms with Crippen molar-refractivity contribution < 1.29 is 9.15 Å². The van der Waals surface area contributed by atoms with E-state index in [-0.39, 0.29) is 6.04 Å². The zero-order valence-electron chi connectivity index (χ0n) is 16.6. The first-order valence-electron chi connectivity index (χ1n) is 9.36. The maximum Gasteiger partial charge on any atom is 0.190 e. The van der Waals surface area contributed by atoms with Gasteiger partial charge in [0.1, 0.15) is 5.58 Å². The average Bonchev–Trinajstić information content (AvgIpc) is 3.28. The highest BCUT2D eigenvalue weighted by molar-refractivity contribution is 7.07. The first-order chi connectivity index (χ1) is 13.6. The molecule has 4 nitrogen and oxygen atoms in total. The largest absolute Gasteiger partial charge is 0.454 e. The van der Waals surface area contributed by atoms with Gasteiger partial charge in [-0.1, -0.05) is 30.3 Å². The van der Waals surface area contributed by atoms with Gasteiger partial charge in [0.05, 0.1) is 24.0 Å². The lowest BCUT2D eigenvalue weighted by molar-refractivity contribution is 0.161. The Morgan fingerprint density at radius 3 is 2.75 bits per heavy atom. The van der Waals surface area contributed by atoms with Crippen molar-refractivity contribution in [3.8, 4) is 11.5 Å². The van der Waals surface area contributed by atoms with E-state index in [0.29, 0.717) is 6.61 Å². The van der Waals surface area contributed by atoms with Crippen LogP contribution in [-0.4, -0.2) is 18.3 Å². The van der Waals surface area contributed by atoms with E-state index in [2.05, 4.69) is 61.1 Å². The molecule has 0 amide bonds. The molecule has 0 N–H and O–H groups in total. The molecule has 4 rings (SSSR count). The topological polar surface area (TPSA) is 39.7 Å². The highest BCUT2D eigenvalue weighted by atomic mass is 32.1. The summed E-state index contributed by atoms with van der Waals surface area (Å²) in [6.07, 6.45) is 0. The summed E-state index contributed by atoms with van der Waals surface area (Å²) in [5.41, 5.74) is 5.28. The van der Waals surface area contributed by atoms with Gasteiger partial charge in [0.25, 0.3) is 0 Å². The van der Waals surface area contributed by atoms with Crippen LogP contribution in [0.4, 0.5) is 5.69 Å². The predicted molar refractivity (Wildman–Crippen MR) is 115 cm³/mol. The minimum atomic E-state index is 0.128. The predicted octanol–water partition coefficient (Wildman–Crippen LogP) is 6.02. The monoisotopic (exact) mass is 392 g/mol. The summed E-state index contributed by atoms with van der Waals surface area (Å²) in [7, 11) is 1.73. The van der Waals surface area contributed by atoms with Crippen molar-refractivity contribution in [1.82, 2.24) is 4.57 Å². The molecular weight excluding hydrogens is 368 g/mol. The van der Waals surface area contributed by atoms with Crippen LogP contribution in [0.2, 0.25) is 0 Å². The second-order valence-electron chi connectivity index (χ2n) is 7.13. The van der Waals surface area contributed by atoms with Gasteiger partial charge in [0.15, 0.2) is 10.6 Å². The van der Waals surface area contributed by atoms with E-state index in [0.717, 1.165) is 38.5 Å². The lowest BCUT2D eigenvalue weighted by Gasteiger charge is -2.15. The zero-order valence-corrected chi connectivity index (χ0v) is 17.4. The first kappa shape index (κ1) is 18.7. The fourth-order valence-electron chi connectivity index (χ4n) is 3.37. The van der Waals surface area contributed by atoms with Crippen LogP contribution < -0.4 is 4.80 Å². The van der Waals surface area contributed by atoms with Gasteiger partial charge >= 0.3 is 0 Å². The number of rotatable bonds is 5. The molecule has 4 aromatic rings. The molecule has 0 spiro atoms. The van der Waals surface area contributed by atoms with Crippen LogP contribution in [0.15, 0.2) is 63.3 Å². The number of benzene rings is 2. The fraction of sp³-hybridized carbons (Fsp3) is 0.261. The molecule has 0 aliphatic carbocycles. The van der Waals surface area contributed by atoms with Gasteiger partial charge in [-0.15, -0.1) is 11.3 Å². The Balaban J connectivity index is 1.90. The summed E-state index contributed by atoms with van der Waals surface area (Å²) in [6, 6.07) is 16.7. The highest BCUT2D eigenvalue weighted by Gasteiger charge is 2.17. The third-order valence-corrected chi connectivity index (χ3v) is 5.69. The van der Waals surface area contributed by atoms with Crippen molar-refractivity contribution in [3.63, 3.8) is 0 Å². The summed E-state index contributed by atoms with van der Waals surface area (Å²) in [5.74, 6) is 0.850. The second kappa shape index (κ2) is 7.78. The zero-order chi connectivity index (χ0) is 19.7. The molecule has 0 bridgehead atoms. The van der Waals surface area contributed by atoms with Crippen LogP contribution in [0, 0.1) is 13.8 Å². The SMILES string of the molecule is COCC(C)n1c(-c2cc3ccccc3o2)csc1=Nc1cc(C)ccc1C. The third-order valence-electron chi connectivity index (χ3n) is 4.85. The molecule has 144 valence electrons. The molecule has 1 unspecified atom stereocenters. The Morgan fingerprint density at radius 1 is 1.14 bits per heavy atom. The van der Waals surface area contributed by atoms with Gasteiger partial charge in [-0.2, -0.15) is 0 Å². The van der Waals surface area contributed by atoms with Crippen LogP contribution in [-0.2, 0) is 4.74 Å². The molecule has 1 atom stereocenters. The fourth-order valence-corrected chi connectivity index (χ4v) is 4.36. The molecule has 0 aliphatic heterocycles. The lowest BCUT2D eigenvalue weighted by Crippen LogP contribution is -2.22. The summed E-state index contributed by atoms with van der Waals surface area (Å²) in [5, 5.41) is 3.22. The van der Waals surface area contributed by atoms with Crippen molar-refractivity contribution in [1.29, 1.82) is 0 Å². The van der Waals surface area contributed by atoms with E-state index in [9.17, 15) is 0 Å². The van der Waals surface area contributed by atoms with Crippen LogP contribution in [0.5, 0.6) is 0 Å². The minimum absolute atomic E-state index is 0.128. The molecule has 0 aliphatic rings. The molecule has 5 heteroatoms. The Bertz CT molecular complexity index is 1150. The molecule has 2 heterocycles. The first-order valence-corrected chi connectivity index (χ1v) is 10.2. The number of furan rings is 1. The molecule has 0 fully saturated rings. The number of ether oxygens (including phenoxy) is 1. The van der Waals surface area contributed by atoms with Crippen LogP contribution in [0.1, 0.15) is 24.1 Å². The number of para-hydroxylation sites is 1. The van der Waals surface area contributed by atoms with Crippen molar-refractivity contribution in [2.45, 2.75) is 26.8 Å². The Labute approximate surface area is 168 Å². The van der Waals surface area contributed by atoms with Crippen molar-refractivity contribution in [2.24, 2.45) is 4.99 Å². The molecule has 2 aromatic heterocycles. The average molecular weight is 393 g/mol. The summed E-state index contributed by atoms with van der Waals surface area (Å²) >= 11 is 1.63.